The van der Waals surface area contributed by atoms with Crippen LogP contribution in [0.5, 0.6) is 0 Å². The Bertz CT molecular complexity index is 286. The Balaban J connectivity index is 1.61. The maximum absolute atomic E-state index is 9.83. The van der Waals surface area contributed by atoms with Gasteiger partial charge in [-0.1, -0.05) is 38.5 Å². The minimum absolute atomic E-state index is 0.000983. The Hall–Kier alpha value is -0.0800. The number of aliphatic hydroxyl groups excluding tert-OH is 1. The van der Waals surface area contributed by atoms with Gasteiger partial charge in [-0.05, 0) is 69.2 Å². The van der Waals surface area contributed by atoms with Crippen molar-refractivity contribution < 1.29 is 5.11 Å². The monoisotopic (exact) mass is 293 g/mol. The predicted octanol–water partition coefficient (Wildman–Crippen LogP) is 4.27. The van der Waals surface area contributed by atoms with E-state index in [1.54, 1.807) is 0 Å². The molecule has 0 spiro atoms. The third kappa shape index (κ3) is 4.45. The molecule has 3 rings (SSSR count). The van der Waals surface area contributed by atoms with Gasteiger partial charge in [-0.3, -0.25) is 0 Å². The average molecular weight is 293 g/mol. The summed E-state index contributed by atoms with van der Waals surface area (Å²) in [4.78, 5) is 0. The SMILES string of the molecule is O[C@H]1CC[C@H](C(CC2CCCCN2)C2CCCCC2)CC1. The molecule has 3 fully saturated rings. The largest absolute Gasteiger partial charge is 0.393 e. The Labute approximate surface area is 131 Å². The highest BCUT2D eigenvalue weighted by molar-refractivity contribution is 4.87. The molecule has 0 bridgehead atoms. The van der Waals surface area contributed by atoms with E-state index in [1.165, 1.54) is 77.2 Å². The molecule has 1 aliphatic heterocycles. The Morgan fingerprint density at radius 3 is 2.10 bits per heavy atom. The molecule has 2 aliphatic carbocycles. The van der Waals surface area contributed by atoms with E-state index in [-0.39, 0.29) is 6.10 Å². The second-order valence-corrected chi connectivity index (χ2v) is 8.01. The van der Waals surface area contributed by atoms with E-state index in [1.807, 2.05) is 0 Å². The predicted molar refractivity (Wildman–Crippen MR) is 88.3 cm³/mol. The zero-order valence-corrected chi connectivity index (χ0v) is 13.7. The van der Waals surface area contributed by atoms with E-state index in [2.05, 4.69) is 5.32 Å². The summed E-state index contributed by atoms with van der Waals surface area (Å²) in [6.45, 7) is 1.24. The number of hydrogen-bond donors (Lipinski definition) is 2. The minimum atomic E-state index is 0.000983. The number of hydrogen-bond acceptors (Lipinski definition) is 2. The lowest BCUT2D eigenvalue weighted by molar-refractivity contribution is 0.0597. The third-order valence-corrected chi connectivity index (χ3v) is 6.57. The molecule has 122 valence electrons. The van der Waals surface area contributed by atoms with Gasteiger partial charge in [0.2, 0.25) is 0 Å². The second-order valence-electron chi connectivity index (χ2n) is 8.01. The van der Waals surface area contributed by atoms with Crippen LogP contribution in [0.3, 0.4) is 0 Å². The molecule has 21 heavy (non-hydrogen) atoms. The van der Waals surface area contributed by atoms with E-state index in [4.69, 9.17) is 0 Å². The average Bonchev–Trinajstić information content (AvgIpc) is 2.55. The summed E-state index contributed by atoms with van der Waals surface area (Å²) in [5.74, 6) is 2.83. The summed E-state index contributed by atoms with van der Waals surface area (Å²) in [6.07, 6.45) is 17.7. The first-order valence-electron chi connectivity index (χ1n) is 9.74. The molecule has 2 heteroatoms. The number of nitrogens with one attached hydrogen (secondary N) is 1. The van der Waals surface area contributed by atoms with Crippen molar-refractivity contribution in [2.75, 3.05) is 6.54 Å². The van der Waals surface area contributed by atoms with Crippen molar-refractivity contribution >= 4 is 0 Å². The fourth-order valence-corrected chi connectivity index (χ4v) is 5.32. The molecular weight excluding hydrogens is 258 g/mol. The molecule has 3 aliphatic rings. The van der Waals surface area contributed by atoms with Crippen LogP contribution in [0, 0.1) is 17.8 Å². The summed E-state index contributed by atoms with van der Waals surface area (Å²) < 4.78 is 0. The van der Waals surface area contributed by atoms with Gasteiger partial charge < -0.3 is 10.4 Å². The Morgan fingerprint density at radius 2 is 1.43 bits per heavy atom. The highest BCUT2D eigenvalue weighted by Crippen LogP contribution is 2.42. The molecule has 1 heterocycles. The summed E-state index contributed by atoms with van der Waals surface area (Å²) in [5.41, 5.74) is 0. The van der Waals surface area contributed by atoms with E-state index < -0.39 is 0 Å². The van der Waals surface area contributed by atoms with Crippen LogP contribution in [0.2, 0.25) is 0 Å². The van der Waals surface area contributed by atoms with Gasteiger partial charge in [-0.25, -0.2) is 0 Å². The maximum atomic E-state index is 9.83. The van der Waals surface area contributed by atoms with Gasteiger partial charge in [0.25, 0.3) is 0 Å². The molecular formula is C19H35NO. The molecule has 2 unspecified atom stereocenters. The lowest BCUT2D eigenvalue weighted by Gasteiger charge is -2.41. The highest BCUT2D eigenvalue weighted by atomic mass is 16.3. The third-order valence-electron chi connectivity index (χ3n) is 6.57. The quantitative estimate of drug-likeness (QED) is 0.811. The van der Waals surface area contributed by atoms with Crippen LogP contribution in [0.1, 0.15) is 83.5 Å². The summed E-state index contributed by atoms with van der Waals surface area (Å²) >= 11 is 0. The van der Waals surface area contributed by atoms with E-state index in [0.717, 1.165) is 36.6 Å². The van der Waals surface area contributed by atoms with E-state index in [0.29, 0.717) is 0 Å². The van der Waals surface area contributed by atoms with Crippen molar-refractivity contribution in [3.63, 3.8) is 0 Å². The summed E-state index contributed by atoms with van der Waals surface area (Å²) in [6, 6.07) is 0.789. The molecule has 2 nitrogen and oxygen atoms in total. The topological polar surface area (TPSA) is 32.3 Å². The molecule has 2 saturated carbocycles. The first kappa shape index (κ1) is 15.8. The molecule has 2 N–H and O–H groups in total. The van der Waals surface area contributed by atoms with E-state index in [9.17, 15) is 5.11 Å². The first-order valence-corrected chi connectivity index (χ1v) is 9.74. The van der Waals surface area contributed by atoms with Gasteiger partial charge in [-0.15, -0.1) is 0 Å². The van der Waals surface area contributed by atoms with Crippen molar-refractivity contribution in [1.82, 2.24) is 5.32 Å². The van der Waals surface area contributed by atoms with Crippen molar-refractivity contribution in [2.45, 2.75) is 95.6 Å². The standard InChI is InChI=1S/C19H35NO/c21-18-11-9-16(10-12-18)19(15-6-2-1-3-7-15)14-17-8-4-5-13-20-17/h15-21H,1-14H2/t16-,17?,18-,19?. The van der Waals surface area contributed by atoms with Crippen LogP contribution in [-0.4, -0.2) is 23.8 Å². The Kier molecular flexibility index (Phi) is 5.99. The summed E-state index contributed by atoms with van der Waals surface area (Å²) in [7, 11) is 0. The molecule has 0 amide bonds. The number of rotatable bonds is 4. The van der Waals surface area contributed by atoms with Crippen LogP contribution in [0.15, 0.2) is 0 Å². The molecule has 0 aromatic heterocycles. The lowest BCUT2D eigenvalue weighted by Crippen LogP contribution is -2.39. The van der Waals surface area contributed by atoms with Crippen LogP contribution in [0.4, 0.5) is 0 Å². The number of piperidine rings is 1. The zero-order valence-electron chi connectivity index (χ0n) is 13.7. The molecule has 0 aromatic rings. The first-order chi connectivity index (χ1) is 10.3. The smallest absolute Gasteiger partial charge is 0.0540 e. The Morgan fingerprint density at radius 1 is 0.762 bits per heavy atom. The molecule has 0 radical (unpaired) electrons. The normalized spacial score (nSPS) is 37.3. The van der Waals surface area contributed by atoms with Gasteiger partial charge in [-0.2, -0.15) is 0 Å². The van der Waals surface area contributed by atoms with E-state index >= 15 is 0 Å². The van der Waals surface area contributed by atoms with Crippen LogP contribution >= 0.6 is 0 Å². The van der Waals surface area contributed by atoms with Crippen molar-refractivity contribution in [1.29, 1.82) is 0 Å². The highest BCUT2D eigenvalue weighted by Gasteiger charge is 2.34. The van der Waals surface area contributed by atoms with Gasteiger partial charge in [0.1, 0.15) is 0 Å². The molecule has 2 atom stereocenters. The van der Waals surface area contributed by atoms with Crippen molar-refractivity contribution in [3.8, 4) is 0 Å². The lowest BCUT2D eigenvalue weighted by atomic mass is 9.67. The fourth-order valence-electron chi connectivity index (χ4n) is 5.32. The maximum Gasteiger partial charge on any atom is 0.0540 e. The van der Waals surface area contributed by atoms with Gasteiger partial charge in [0, 0.05) is 6.04 Å². The van der Waals surface area contributed by atoms with Crippen LogP contribution in [0.25, 0.3) is 0 Å². The minimum Gasteiger partial charge on any atom is -0.393 e. The van der Waals surface area contributed by atoms with Gasteiger partial charge in [0.05, 0.1) is 6.10 Å². The second kappa shape index (κ2) is 7.97. The molecule has 0 aromatic carbocycles. The number of aliphatic hydroxyl groups is 1. The van der Waals surface area contributed by atoms with Gasteiger partial charge >= 0.3 is 0 Å². The van der Waals surface area contributed by atoms with Crippen molar-refractivity contribution in [2.24, 2.45) is 17.8 Å². The van der Waals surface area contributed by atoms with Gasteiger partial charge in [0.15, 0.2) is 0 Å². The van der Waals surface area contributed by atoms with Crippen LogP contribution < -0.4 is 5.32 Å². The zero-order chi connectivity index (χ0) is 14.5. The summed E-state index contributed by atoms with van der Waals surface area (Å²) in [5, 5.41) is 13.6. The fraction of sp³-hybridized carbons (Fsp3) is 1.00. The van der Waals surface area contributed by atoms with Crippen molar-refractivity contribution in [3.05, 3.63) is 0 Å². The molecule has 1 saturated heterocycles. The van der Waals surface area contributed by atoms with Crippen LogP contribution in [-0.2, 0) is 0 Å².